The predicted molar refractivity (Wildman–Crippen MR) is 252 cm³/mol. The fourth-order valence-corrected chi connectivity index (χ4v) is 7.94. The van der Waals surface area contributed by atoms with E-state index in [2.05, 4.69) is 41.5 Å². The van der Waals surface area contributed by atoms with Crippen LogP contribution in [0.1, 0.15) is 286 Å². The molecule has 0 unspecified atom stereocenters. The van der Waals surface area contributed by atoms with Crippen LogP contribution in [0, 0.1) is 17.8 Å². The fraction of sp³-hybridized carbons (Fsp3) is 0.943. The van der Waals surface area contributed by atoms with Crippen molar-refractivity contribution < 1.29 is 28.6 Å². The van der Waals surface area contributed by atoms with E-state index in [0.717, 1.165) is 75.5 Å². The van der Waals surface area contributed by atoms with E-state index in [1.807, 2.05) is 0 Å². The molecule has 350 valence electrons. The number of rotatable bonds is 46. The number of hydrogen-bond acceptors (Lipinski definition) is 6. The molecule has 0 aromatic rings. The largest absolute Gasteiger partial charge is 0.462 e. The fourth-order valence-electron chi connectivity index (χ4n) is 7.94. The average molecular weight is 835 g/mol. The molecule has 0 aliphatic rings. The summed E-state index contributed by atoms with van der Waals surface area (Å²) in [5.74, 6) is 1.60. The summed E-state index contributed by atoms with van der Waals surface area (Å²) in [5, 5.41) is 0. The summed E-state index contributed by atoms with van der Waals surface area (Å²) < 4.78 is 16.8. The minimum Gasteiger partial charge on any atom is -0.462 e. The SMILES string of the molecule is CC(C)CCCCCCCCCCCCCCCCCC(=O)OC[C@H](COC(=O)CCCCCCCCCCC(C)C)OC(=O)CCCCCCCCCCCC(C)C. The van der Waals surface area contributed by atoms with Crippen LogP contribution in [0.3, 0.4) is 0 Å². The third kappa shape index (κ3) is 47.3. The van der Waals surface area contributed by atoms with Crippen LogP contribution in [0.25, 0.3) is 0 Å². The summed E-state index contributed by atoms with van der Waals surface area (Å²) in [4.78, 5) is 37.9. The Morgan fingerprint density at radius 2 is 0.492 bits per heavy atom. The molecule has 0 N–H and O–H groups in total. The topological polar surface area (TPSA) is 78.9 Å². The highest BCUT2D eigenvalue weighted by atomic mass is 16.6. The molecule has 0 saturated carbocycles. The van der Waals surface area contributed by atoms with Gasteiger partial charge in [0.25, 0.3) is 0 Å². The van der Waals surface area contributed by atoms with Gasteiger partial charge in [-0.15, -0.1) is 0 Å². The minimum absolute atomic E-state index is 0.0650. The number of carbonyl (C=O) groups excluding carboxylic acids is 3. The molecule has 0 aliphatic heterocycles. The van der Waals surface area contributed by atoms with Gasteiger partial charge in [0.1, 0.15) is 13.2 Å². The van der Waals surface area contributed by atoms with E-state index in [1.165, 1.54) is 167 Å². The maximum Gasteiger partial charge on any atom is 0.306 e. The first-order chi connectivity index (χ1) is 28.6. The Bertz CT molecular complexity index is 914. The second-order valence-corrected chi connectivity index (χ2v) is 19.6. The van der Waals surface area contributed by atoms with E-state index in [4.69, 9.17) is 14.2 Å². The van der Waals surface area contributed by atoms with Crippen LogP contribution in [-0.4, -0.2) is 37.2 Å². The van der Waals surface area contributed by atoms with Crippen LogP contribution < -0.4 is 0 Å². The van der Waals surface area contributed by atoms with Gasteiger partial charge < -0.3 is 14.2 Å². The van der Waals surface area contributed by atoms with E-state index >= 15 is 0 Å². The number of hydrogen-bond donors (Lipinski definition) is 0. The van der Waals surface area contributed by atoms with Crippen molar-refractivity contribution in [1.29, 1.82) is 0 Å². The van der Waals surface area contributed by atoms with Crippen LogP contribution in [0.4, 0.5) is 0 Å². The molecule has 0 aromatic carbocycles. The van der Waals surface area contributed by atoms with Crippen molar-refractivity contribution in [1.82, 2.24) is 0 Å². The van der Waals surface area contributed by atoms with Crippen LogP contribution in [0.2, 0.25) is 0 Å². The average Bonchev–Trinajstić information content (AvgIpc) is 3.19. The molecular formula is C53H102O6. The quantitative estimate of drug-likeness (QED) is 0.0345. The lowest BCUT2D eigenvalue weighted by Crippen LogP contribution is -2.30. The third-order valence-corrected chi connectivity index (χ3v) is 11.9. The molecule has 0 aromatic heterocycles. The lowest BCUT2D eigenvalue weighted by molar-refractivity contribution is -0.167. The summed E-state index contributed by atoms with van der Waals surface area (Å²) in [6.07, 6.45) is 43.8. The van der Waals surface area contributed by atoms with Crippen LogP contribution in [-0.2, 0) is 28.6 Å². The van der Waals surface area contributed by atoms with Gasteiger partial charge >= 0.3 is 17.9 Å². The highest BCUT2D eigenvalue weighted by Gasteiger charge is 2.19. The standard InChI is InChI=1S/C53H102O6/c1-47(2)39-33-27-21-15-12-10-8-7-9-11-13-17-24-30-36-42-51(54)57-45-50(46-58-52(55)43-37-31-25-20-19-23-29-35-41-49(5)6)59-53(56)44-38-32-26-18-14-16-22-28-34-40-48(3)4/h47-50H,7-46H2,1-6H3/t50-/m1/s1. The molecule has 0 spiro atoms. The van der Waals surface area contributed by atoms with E-state index in [9.17, 15) is 14.4 Å². The van der Waals surface area contributed by atoms with Gasteiger partial charge in [-0.3, -0.25) is 14.4 Å². The van der Waals surface area contributed by atoms with Gasteiger partial charge in [-0.25, -0.2) is 0 Å². The lowest BCUT2D eigenvalue weighted by Gasteiger charge is -2.18. The van der Waals surface area contributed by atoms with Crippen molar-refractivity contribution in [3.63, 3.8) is 0 Å². The maximum atomic E-state index is 12.8. The van der Waals surface area contributed by atoms with Gasteiger partial charge in [-0.05, 0) is 37.0 Å². The van der Waals surface area contributed by atoms with E-state index in [1.54, 1.807) is 0 Å². The Morgan fingerprint density at radius 3 is 0.729 bits per heavy atom. The molecule has 6 heteroatoms. The number of ether oxygens (including phenoxy) is 3. The van der Waals surface area contributed by atoms with Crippen molar-refractivity contribution in [2.45, 2.75) is 292 Å². The maximum absolute atomic E-state index is 12.8. The Morgan fingerprint density at radius 1 is 0.288 bits per heavy atom. The first kappa shape index (κ1) is 57.4. The number of unbranched alkanes of at least 4 members (excludes halogenated alkanes) is 29. The third-order valence-electron chi connectivity index (χ3n) is 11.9. The number of esters is 3. The lowest BCUT2D eigenvalue weighted by atomic mass is 10.0. The molecule has 0 bridgehead atoms. The molecule has 0 rings (SSSR count). The summed E-state index contributed by atoms with van der Waals surface area (Å²) in [6, 6.07) is 0. The Balaban J connectivity index is 4.27. The van der Waals surface area contributed by atoms with Crippen LogP contribution in [0.15, 0.2) is 0 Å². The zero-order valence-corrected chi connectivity index (χ0v) is 40.5. The number of carbonyl (C=O) groups is 3. The van der Waals surface area contributed by atoms with Crippen molar-refractivity contribution in [2.24, 2.45) is 17.8 Å². The second-order valence-electron chi connectivity index (χ2n) is 19.6. The zero-order valence-electron chi connectivity index (χ0n) is 40.5. The first-order valence-corrected chi connectivity index (χ1v) is 26.1. The molecule has 0 amide bonds. The van der Waals surface area contributed by atoms with Gasteiger partial charge in [0, 0.05) is 19.3 Å². The smallest absolute Gasteiger partial charge is 0.306 e. The van der Waals surface area contributed by atoms with Crippen molar-refractivity contribution in [3.8, 4) is 0 Å². The van der Waals surface area contributed by atoms with E-state index in [-0.39, 0.29) is 31.1 Å². The van der Waals surface area contributed by atoms with E-state index < -0.39 is 6.10 Å². The molecule has 6 nitrogen and oxygen atoms in total. The van der Waals surface area contributed by atoms with Gasteiger partial charge in [0.15, 0.2) is 6.10 Å². The molecule has 1 atom stereocenters. The zero-order chi connectivity index (χ0) is 43.4. The normalized spacial score (nSPS) is 12.2. The summed E-state index contributed by atoms with van der Waals surface area (Å²) in [7, 11) is 0. The highest BCUT2D eigenvalue weighted by Crippen LogP contribution is 2.18. The Labute approximate surface area is 368 Å². The molecular weight excluding hydrogens is 733 g/mol. The van der Waals surface area contributed by atoms with Gasteiger partial charge in [0.2, 0.25) is 0 Å². The summed E-state index contributed by atoms with van der Waals surface area (Å²) >= 11 is 0. The second kappa shape index (κ2) is 44.5. The molecule has 0 fully saturated rings. The highest BCUT2D eigenvalue weighted by molar-refractivity contribution is 5.71. The summed E-state index contributed by atoms with van der Waals surface area (Å²) in [6.45, 7) is 13.7. The van der Waals surface area contributed by atoms with E-state index in [0.29, 0.717) is 19.3 Å². The van der Waals surface area contributed by atoms with Crippen LogP contribution >= 0.6 is 0 Å². The predicted octanol–water partition coefficient (Wildman–Crippen LogP) is 16.8. The first-order valence-electron chi connectivity index (χ1n) is 26.1. The Kier molecular flexibility index (Phi) is 43.3. The van der Waals surface area contributed by atoms with Crippen molar-refractivity contribution in [3.05, 3.63) is 0 Å². The molecule has 0 aliphatic carbocycles. The van der Waals surface area contributed by atoms with Gasteiger partial charge in [-0.2, -0.15) is 0 Å². The molecule has 0 heterocycles. The van der Waals surface area contributed by atoms with Crippen molar-refractivity contribution >= 4 is 17.9 Å². The minimum atomic E-state index is -0.763. The Hall–Kier alpha value is -1.59. The molecule has 0 radical (unpaired) electrons. The van der Waals surface area contributed by atoms with Crippen molar-refractivity contribution in [2.75, 3.05) is 13.2 Å². The van der Waals surface area contributed by atoms with Gasteiger partial charge in [-0.1, -0.05) is 247 Å². The molecule has 59 heavy (non-hydrogen) atoms. The molecule has 0 saturated heterocycles. The van der Waals surface area contributed by atoms with Crippen LogP contribution in [0.5, 0.6) is 0 Å². The van der Waals surface area contributed by atoms with Gasteiger partial charge in [0.05, 0.1) is 0 Å². The summed E-state index contributed by atoms with van der Waals surface area (Å²) in [5.41, 5.74) is 0. The monoisotopic (exact) mass is 835 g/mol.